The smallest absolute Gasteiger partial charge is 0.377 e. The number of aromatic nitrogens is 2. The van der Waals surface area contributed by atoms with Crippen molar-refractivity contribution in [3.8, 4) is 0 Å². The fourth-order valence-corrected chi connectivity index (χ4v) is 3.47. The fourth-order valence-electron chi connectivity index (χ4n) is 1.55. The number of nitrogens with one attached hydrogen (secondary N) is 3. The predicted molar refractivity (Wildman–Crippen MR) is 79.0 cm³/mol. The van der Waals surface area contributed by atoms with Crippen molar-refractivity contribution in [3.05, 3.63) is 12.4 Å². The van der Waals surface area contributed by atoms with Crippen LogP contribution in [0.3, 0.4) is 0 Å². The van der Waals surface area contributed by atoms with Crippen molar-refractivity contribution < 1.29 is 13.3 Å². The van der Waals surface area contributed by atoms with Gasteiger partial charge >= 0.3 is 8.80 Å². The molecule has 0 aliphatic rings. The first-order chi connectivity index (χ1) is 9.15. The summed E-state index contributed by atoms with van der Waals surface area (Å²) < 4.78 is 16.0. The zero-order valence-electron chi connectivity index (χ0n) is 11.4. The highest BCUT2D eigenvalue weighted by molar-refractivity contribution is 7.80. The number of rotatable bonds is 8. The molecule has 9 heteroatoms. The predicted octanol–water partition coefficient (Wildman–Crippen LogP) is 0.964. The summed E-state index contributed by atoms with van der Waals surface area (Å²) in [6, 6.07) is 0.729. The first-order valence-electron chi connectivity index (χ1n) is 5.85. The highest BCUT2D eigenvalue weighted by Gasteiger charge is 2.36. The SMILES string of the molecule is CO[Si](CCCNC(=S)Nc1ncc[nH]1)(OC)OC. The Hall–Kier alpha value is -1.00. The molecular formula is C10H20N4O3SSi. The molecular weight excluding hydrogens is 284 g/mol. The third kappa shape index (κ3) is 5.24. The van der Waals surface area contributed by atoms with Crippen molar-refractivity contribution in [2.75, 3.05) is 33.2 Å². The Balaban J connectivity index is 2.21. The molecule has 0 aliphatic carbocycles. The number of nitrogens with zero attached hydrogens (tertiary/aromatic N) is 1. The summed E-state index contributed by atoms with van der Waals surface area (Å²) >= 11 is 5.13. The topological polar surface area (TPSA) is 80.4 Å². The molecule has 0 atom stereocenters. The molecule has 0 radical (unpaired) electrons. The second kappa shape index (κ2) is 8.22. The van der Waals surface area contributed by atoms with Crippen LogP contribution in [-0.4, -0.2) is 51.8 Å². The van der Waals surface area contributed by atoms with E-state index < -0.39 is 8.80 Å². The molecule has 1 rings (SSSR count). The van der Waals surface area contributed by atoms with Crippen molar-refractivity contribution in [3.63, 3.8) is 0 Å². The van der Waals surface area contributed by atoms with Gasteiger partial charge in [0.2, 0.25) is 5.95 Å². The second-order valence-corrected chi connectivity index (χ2v) is 7.22. The van der Waals surface area contributed by atoms with E-state index in [9.17, 15) is 0 Å². The van der Waals surface area contributed by atoms with Crippen LogP contribution < -0.4 is 10.6 Å². The molecule has 108 valence electrons. The molecule has 3 N–H and O–H groups in total. The first kappa shape index (κ1) is 16.1. The number of hydrogen-bond acceptors (Lipinski definition) is 5. The Morgan fingerprint density at radius 2 is 2.05 bits per heavy atom. The van der Waals surface area contributed by atoms with Gasteiger partial charge in [-0.15, -0.1) is 0 Å². The van der Waals surface area contributed by atoms with Gasteiger partial charge in [0.05, 0.1) is 0 Å². The van der Waals surface area contributed by atoms with E-state index in [4.69, 9.17) is 25.5 Å². The molecule has 1 aromatic rings. The average Bonchev–Trinajstić information content (AvgIpc) is 2.93. The minimum Gasteiger partial charge on any atom is -0.377 e. The monoisotopic (exact) mass is 304 g/mol. The molecule has 7 nitrogen and oxygen atoms in total. The van der Waals surface area contributed by atoms with E-state index in [2.05, 4.69) is 20.6 Å². The molecule has 0 saturated carbocycles. The third-order valence-electron chi connectivity index (χ3n) is 2.61. The van der Waals surface area contributed by atoms with E-state index in [-0.39, 0.29) is 0 Å². The summed E-state index contributed by atoms with van der Waals surface area (Å²) in [6.07, 6.45) is 4.21. The largest absolute Gasteiger partial charge is 0.500 e. The van der Waals surface area contributed by atoms with Crippen LogP contribution in [-0.2, 0) is 13.3 Å². The van der Waals surface area contributed by atoms with E-state index >= 15 is 0 Å². The van der Waals surface area contributed by atoms with E-state index in [0.717, 1.165) is 12.5 Å². The Kier molecular flexibility index (Phi) is 6.95. The normalized spacial score (nSPS) is 11.3. The van der Waals surface area contributed by atoms with Crippen LogP contribution in [0, 0.1) is 0 Å². The summed E-state index contributed by atoms with van der Waals surface area (Å²) in [5, 5.41) is 6.54. The van der Waals surface area contributed by atoms with Crippen molar-refractivity contribution >= 4 is 32.1 Å². The first-order valence-corrected chi connectivity index (χ1v) is 8.19. The van der Waals surface area contributed by atoms with Gasteiger partial charge in [-0.2, -0.15) is 0 Å². The highest BCUT2D eigenvalue weighted by atomic mass is 32.1. The van der Waals surface area contributed by atoms with Gasteiger partial charge < -0.3 is 28.9 Å². The lowest BCUT2D eigenvalue weighted by Crippen LogP contribution is -2.43. The summed E-state index contributed by atoms with van der Waals surface area (Å²) in [4.78, 5) is 6.92. The van der Waals surface area contributed by atoms with Gasteiger partial charge in [0.25, 0.3) is 0 Å². The molecule has 1 aromatic heterocycles. The van der Waals surface area contributed by atoms with E-state index in [1.807, 2.05) is 0 Å². The van der Waals surface area contributed by atoms with Crippen molar-refractivity contribution in [1.29, 1.82) is 0 Å². The zero-order chi connectivity index (χ0) is 14.1. The van der Waals surface area contributed by atoms with E-state index in [1.54, 1.807) is 33.7 Å². The Morgan fingerprint density at radius 1 is 1.37 bits per heavy atom. The van der Waals surface area contributed by atoms with Crippen LogP contribution in [0.2, 0.25) is 6.04 Å². The van der Waals surface area contributed by atoms with Gasteiger partial charge in [-0.3, -0.25) is 0 Å². The quantitative estimate of drug-likeness (QED) is 0.375. The maximum atomic E-state index is 5.33. The highest BCUT2D eigenvalue weighted by Crippen LogP contribution is 2.14. The number of imidazole rings is 1. The summed E-state index contributed by atoms with van der Waals surface area (Å²) in [7, 11) is 2.35. The van der Waals surface area contributed by atoms with Crippen LogP contribution in [0.5, 0.6) is 0 Å². The van der Waals surface area contributed by atoms with E-state index in [0.29, 0.717) is 17.6 Å². The summed E-state index contributed by atoms with van der Waals surface area (Å²) in [5.74, 6) is 0.617. The maximum Gasteiger partial charge on any atom is 0.500 e. The van der Waals surface area contributed by atoms with Gasteiger partial charge in [-0.25, -0.2) is 4.98 Å². The van der Waals surface area contributed by atoms with Crippen LogP contribution in [0.15, 0.2) is 12.4 Å². The lowest BCUT2D eigenvalue weighted by Gasteiger charge is -2.24. The average molecular weight is 304 g/mol. The number of H-pyrrole nitrogens is 1. The summed E-state index contributed by atoms with van der Waals surface area (Å²) in [6.45, 7) is 0.706. The third-order valence-corrected chi connectivity index (χ3v) is 5.69. The molecule has 0 fully saturated rings. The zero-order valence-corrected chi connectivity index (χ0v) is 13.2. The van der Waals surface area contributed by atoms with Crippen LogP contribution in [0.25, 0.3) is 0 Å². The van der Waals surface area contributed by atoms with Gasteiger partial charge in [0.1, 0.15) is 0 Å². The minimum absolute atomic E-state index is 0.523. The van der Waals surface area contributed by atoms with Crippen LogP contribution in [0.4, 0.5) is 5.95 Å². The van der Waals surface area contributed by atoms with Crippen molar-refractivity contribution in [2.45, 2.75) is 12.5 Å². The number of hydrogen-bond donors (Lipinski definition) is 3. The van der Waals surface area contributed by atoms with Crippen LogP contribution >= 0.6 is 12.2 Å². The second-order valence-electron chi connectivity index (χ2n) is 3.72. The molecule has 0 saturated heterocycles. The Bertz CT molecular complexity index is 365. The summed E-state index contributed by atoms with van der Waals surface area (Å²) in [5.41, 5.74) is 0. The molecule has 0 spiro atoms. The maximum absolute atomic E-state index is 5.33. The number of aromatic amines is 1. The molecule has 19 heavy (non-hydrogen) atoms. The standard InChI is InChI=1S/C10H20N4O3SSi/c1-15-19(16-2,17-3)8-4-5-13-10(18)14-9-11-6-7-12-9/h6-7H,4-5,8H2,1-3H3,(H3,11,12,13,14,18). The number of anilines is 1. The Morgan fingerprint density at radius 3 is 2.58 bits per heavy atom. The van der Waals surface area contributed by atoms with Crippen molar-refractivity contribution in [1.82, 2.24) is 15.3 Å². The Labute approximate surface area is 119 Å². The minimum atomic E-state index is -2.47. The van der Waals surface area contributed by atoms with Gasteiger partial charge in [0.15, 0.2) is 5.11 Å². The van der Waals surface area contributed by atoms with Gasteiger partial charge in [0, 0.05) is 46.3 Å². The molecule has 0 amide bonds. The molecule has 0 aliphatic heterocycles. The fraction of sp³-hybridized carbons (Fsp3) is 0.600. The molecule has 0 aromatic carbocycles. The van der Waals surface area contributed by atoms with Crippen molar-refractivity contribution in [2.24, 2.45) is 0 Å². The molecule has 0 bridgehead atoms. The molecule has 0 unspecified atom stereocenters. The van der Waals surface area contributed by atoms with Crippen LogP contribution in [0.1, 0.15) is 6.42 Å². The number of thiocarbonyl (C=S) groups is 1. The molecule has 1 heterocycles. The van der Waals surface area contributed by atoms with Gasteiger partial charge in [-0.05, 0) is 18.6 Å². The lowest BCUT2D eigenvalue weighted by molar-refractivity contribution is 0.123. The lowest BCUT2D eigenvalue weighted by atomic mass is 10.5. The van der Waals surface area contributed by atoms with E-state index in [1.165, 1.54) is 0 Å². The van der Waals surface area contributed by atoms with Gasteiger partial charge in [-0.1, -0.05) is 0 Å².